The number of aliphatic hydroxyl groups excluding tert-OH is 5. The van der Waals surface area contributed by atoms with Gasteiger partial charge in [-0.05, 0) is 12.1 Å². The van der Waals surface area contributed by atoms with Gasteiger partial charge in [0.15, 0.2) is 0 Å². The third kappa shape index (κ3) is 4.74. The Balaban J connectivity index is 1.81. The monoisotopic (exact) mass is 445 g/mol. The van der Waals surface area contributed by atoms with Gasteiger partial charge in [-0.15, -0.1) is 0 Å². The topological polar surface area (TPSA) is 193 Å². The molecular weight excluding hydrogens is 422 g/mol. The summed E-state index contributed by atoms with van der Waals surface area (Å²) >= 11 is 0. The van der Waals surface area contributed by atoms with Crippen LogP contribution in [0.1, 0.15) is 23.0 Å². The zero-order valence-corrected chi connectivity index (χ0v) is 16.9. The Hall–Kier alpha value is -3.42. The van der Waals surface area contributed by atoms with Crippen molar-refractivity contribution in [2.24, 2.45) is 10.1 Å². The maximum atomic E-state index is 12.0. The van der Waals surface area contributed by atoms with Gasteiger partial charge in [-0.1, -0.05) is 18.2 Å². The molecule has 0 saturated heterocycles. The fraction of sp³-hybridized carbons (Fsp3) is 0.300. The van der Waals surface area contributed by atoms with E-state index in [-0.39, 0.29) is 11.6 Å². The minimum atomic E-state index is -1.84. The summed E-state index contributed by atoms with van der Waals surface area (Å²) in [5.41, 5.74) is 4.71. The number of para-hydroxylation sites is 1. The molecular formula is C20H23N5O7. The van der Waals surface area contributed by atoms with E-state index in [2.05, 4.69) is 20.5 Å². The third-order valence-electron chi connectivity index (χ3n) is 4.72. The smallest absolute Gasteiger partial charge is 0.234 e. The Bertz CT molecular complexity index is 1080. The number of hydrogen-bond acceptors (Lipinski definition) is 11. The molecule has 2 heterocycles. The first-order valence-electron chi connectivity index (χ1n) is 9.54. The molecule has 32 heavy (non-hydrogen) atoms. The van der Waals surface area contributed by atoms with E-state index in [4.69, 9.17) is 5.11 Å². The lowest BCUT2D eigenvalue weighted by Gasteiger charge is -2.23. The van der Waals surface area contributed by atoms with Crippen LogP contribution in [0.3, 0.4) is 0 Å². The lowest BCUT2D eigenvalue weighted by molar-refractivity contribution is -0.0999. The number of aliphatic imine (C=N–C) groups is 1. The van der Waals surface area contributed by atoms with Crippen molar-refractivity contribution in [1.82, 2.24) is 9.55 Å². The number of aromatic hydroxyl groups is 1. The lowest BCUT2D eigenvalue weighted by Crippen LogP contribution is -2.46. The van der Waals surface area contributed by atoms with Crippen LogP contribution in [0.2, 0.25) is 0 Å². The molecule has 4 atom stereocenters. The Morgan fingerprint density at radius 1 is 1.22 bits per heavy atom. The Morgan fingerprint density at radius 2 is 1.94 bits per heavy atom. The highest BCUT2D eigenvalue weighted by atomic mass is 16.4. The van der Waals surface area contributed by atoms with Gasteiger partial charge in [0.25, 0.3) is 0 Å². The van der Waals surface area contributed by atoms with Crippen molar-refractivity contribution in [3.8, 4) is 5.88 Å². The molecule has 0 unspecified atom stereocenters. The van der Waals surface area contributed by atoms with Gasteiger partial charge in [0.05, 0.1) is 18.5 Å². The summed E-state index contributed by atoms with van der Waals surface area (Å²) in [6.45, 7) is 0.383. The van der Waals surface area contributed by atoms with Gasteiger partial charge < -0.3 is 30.6 Å². The number of rotatable bonds is 8. The van der Waals surface area contributed by atoms with Crippen molar-refractivity contribution in [3.05, 3.63) is 35.5 Å². The number of anilines is 1. The number of carbonyl (C=O) groups excluding carboxylic acids is 1. The molecule has 1 aromatic carbocycles. The fourth-order valence-corrected chi connectivity index (χ4v) is 3.00. The van der Waals surface area contributed by atoms with Gasteiger partial charge in [0, 0.05) is 24.3 Å². The van der Waals surface area contributed by atoms with Crippen LogP contribution in [-0.4, -0.2) is 89.5 Å². The normalized spacial score (nSPS) is 18.0. The number of hydrogen-bond donors (Lipinski definition) is 7. The maximum Gasteiger partial charge on any atom is 0.234 e. The van der Waals surface area contributed by atoms with E-state index in [1.807, 2.05) is 24.3 Å². The fourth-order valence-electron chi connectivity index (χ4n) is 3.00. The number of aromatic nitrogens is 2. The molecule has 1 aliphatic rings. The van der Waals surface area contributed by atoms with E-state index < -0.39 is 42.8 Å². The number of carbonyl (C=O) groups is 1. The van der Waals surface area contributed by atoms with Crippen LogP contribution in [0.15, 0.2) is 34.4 Å². The highest BCUT2D eigenvalue weighted by Gasteiger charge is 2.29. The van der Waals surface area contributed by atoms with E-state index in [1.165, 1.54) is 6.92 Å². The van der Waals surface area contributed by atoms with Crippen molar-refractivity contribution in [2.75, 3.05) is 12.0 Å². The molecule has 0 aliphatic carbocycles. The van der Waals surface area contributed by atoms with Gasteiger partial charge in [-0.2, -0.15) is 5.10 Å². The Labute approximate surface area is 182 Å². The van der Waals surface area contributed by atoms with Crippen LogP contribution in [0.4, 0.5) is 11.6 Å². The lowest BCUT2D eigenvalue weighted by atomic mass is 10.0. The zero-order chi connectivity index (χ0) is 23.4. The van der Waals surface area contributed by atoms with Crippen molar-refractivity contribution < 1.29 is 35.4 Å². The van der Waals surface area contributed by atoms with Crippen LogP contribution in [0, 0.1) is 0 Å². The number of fused-ring (bicyclic) bond motifs is 1. The zero-order valence-electron chi connectivity index (χ0n) is 16.9. The second kappa shape index (κ2) is 9.80. The second-order valence-corrected chi connectivity index (χ2v) is 6.99. The molecule has 0 saturated carbocycles. The Morgan fingerprint density at radius 3 is 2.62 bits per heavy atom. The quantitative estimate of drug-likeness (QED) is 0.204. The van der Waals surface area contributed by atoms with Crippen LogP contribution < -0.4 is 5.43 Å². The number of hydrazone groups is 1. The molecule has 170 valence electrons. The predicted molar refractivity (Wildman–Crippen MR) is 116 cm³/mol. The number of benzene rings is 1. The van der Waals surface area contributed by atoms with Gasteiger partial charge in [-0.25, -0.2) is 15.0 Å². The van der Waals surface area contributed by atoms with E-state index in [1.54, 1.807) is 12.3 Å². The number of nitrogens with one attached hydrogen (secondary N) is 1. The van der Waals surface area contributed by atoms with Crippen LogP contribution in [-0.2, 0) is 0 Å². The van der Waals surface area contributed by atoms with Crippen LogP contribution >= 0.6 is 0 Å². The molecule has 2 aromatic rings. The first-order chi connectivity index (χ1) is 15.2. The van der Waals surface area contributed by atoms with Gasteiger partial charge in [-0.3, -0.25) is 9.79 Å². The summed E-state index contributed by atoms with van der Waals surface area (Å²) in [6, 6.07) is 7.37. The number of aliphatic hydroxyl groups is 5. The average molecular weight is 445 g/mol. The predicted octanol–water partition coefficient (Wildman–Crippen LogP) is -0.661. The molecule has 0 radical (unpaired) electrons. The minimum absolute atomic E-state index is 0.0677. The maximum absolute atomic E-state index is 12.0. The third-order valence-corrected chi connectivity index (χ3v) is 4.72. The average Bonchev–Trinajstić information content (AvgIpc) is 3.33. The largest absolute Gasteiger partial charge is 0.493 e. The molecule has 0 amide bonds. The second-order valence-electron chi connectivity index (χ2n) is 6.99. The molecule has 0 fully saturated rings. The summed E-state index contributed by atoms with van der Waals surface area (Å²) < 4.78 is 0.856. The number of imidazole rings is 1. The van der Waals surface area contributed by atoms with Gasteiger partial charge >= 0.3 is 0 Å². The molecule has 1 aromatic heterocycles. The number of nitrogens with zero attached hydrogens (tertiary/aromatic N) is 4. The molecule has 0 spiro atoms. The highest BCUT2D eigenvalue weighted by Crippen LogP contribution is 2.34. The summed E-state index contributed by atoms with van der Waals surface area (Å²) in [7, 11) is 0. The van der Waals surface area contributed by atoms with Crippen molar-refractivity contribution in [1.29, 1.82) is 0 Å². The van der Waals surface area contributed by atoms with Gasteiger partial charge in [0.2, 0.25) is 17.7 Å². The SMILES string of the molecule is CC(=O)n1c(N/N=C/[C@@H](O)[C@@H](O)[C@H](O)[C@H](O)CO)nc(/C=C2\C=Nc3ccccc32)c1O. The van der Waals surface area contributed by atoms with E-state index >= 15 is 0 Å². The minimum Gasteiger partial charge on any atom is -0.493 e. The molecule has 3 rings (SSSR count). The van der Waals surface area contributed by atoms with Gasteiger partial charge in [0.1, 0.15) is 30.1 Å². The van der Waals surface area contributed by atoms with Crippen LogP contribution in [0.5, 0.6) is 5.88 Å². The van der Waals surface area contributed by atoms with Crippen LogP contribution in [0.25, 0.3) is 11.6 Å². The Kier molecular flexibility index (Phi) is 7.12. The molecule has 7 N–H and O–H groups in total. The van der Waals surface area contributed by atoms with Crippen molar-refractivity contribution in [2.45, 2.75) is 31.3 Å². The standard InChI is InChI=1S/C20H23N5O7/c1-10(27)25-19(32)14(6-11-7-21-13-5-3-2-4-12(11)13)23-20(25)24-22-8-15(28)17(30)18(31)16(29)9-26/h2-8,15-18,26,28-32H,9H2,1H3,(H,23,24)/b11-6+,22-8+/t15-,16-,17-,18-/m1/s1. The first-order valence-corrected chi connectivity index (χ1v) is 9.54. The highest BCUT2D eigenvalue weighted by molar-refractivity contribution is 6.21. The van der Waals surface area contributed by atoms with Crippen molar-refractivity contribution >= 4 is 41.6 Å². The van der Waals surface area contributed by atoms with E-state index in [9.17, 15) is 30.3 Å². The van der Waals surface area contributed by atoms with E-state index in [0.717, 1.165) is 22.0 Å². The molecule has 0 bridgehead atoms. The summed E-state index contributed by atoms with van der Waals surface area (Å²) in [6.07, 6.45) is -3.09. The molecule has 1 aliphatic heterocycles. The first kappa shape index (κ1) is 23.2. The molecule has 12 heteroatoms. The van der Waals surface area contributed by atoms with Crippen molar-refractivity contribution in [3.63, 3.8) is 0 Å². The number of allylic oxidation sites excluding steroid dienone is 1. The van der Waals surface area contributed by atoms with E-state index in [0.29, 0.717) is 5.57 Å². The summed E-state index contributed by atoms with van der Waals surface area (Å²) in [5, 5.41) is 61.5. The summed E-state index contributed by atoms with van der Waals surface area (Å²) in [5.74, 6) is -1.18. The molecule has 12 nitrogen and oxygen atoms in total. The summed E-state index contributed by atoms with van der Waals surface area (Å²) in [4.78, 5) is 20.4.